The van der Waals surface area contributed by atoms with Gasteiger partial charge in [-0.2, -0.15) is 0 Å². The van der Waals surface area contributed by atoms with Crippen molar-refractivity contribution in [1.29, 1.82) is 0 Å². The number of fused-ring (bicyclic) bond motifs is 3. The van der Waals surface area contributed by atoms with Gasteiger partial charge in [0.2, 0.25) is 0 Å². The highest BCUT2D eigenvalue weighted by molar-refractivity contribution is 7.36. The van der Waals surface area contributed by atoms with Gasteiger partial charge in [0.15, 0.2) is 0 Å². The van der Waals surface area contributed by atoms with Gasteiger partial charge in [-0.15, -0.1) is 0 Å². The fourth-order valence-electron chi connectivity index (χ4n) is 2.63. The standard InChI is InChI=1S/C16H16OS2/c1-8(2)11-5-6-12-10(4)14-15(19-16(17)18-14)13(12)9(3)7-11/h5-8H,1-4H3. The zero-order valence-electron chi connectivity index (χ0n) is 11.5. The van der Waals surface area contributed by atoms with E-state index >= 15 is 0 Å². The van der Waals surface area contributed by atoms with Crippen LogP contribution in [0.15, 0.2) is 23.0 Å². The molecule has 2 aliphatic rings. The molecule has 1 aromatic rings. The van der Waals surface area contributed by atoms with Crippen LogP contribution in [0.25, 0.3) is 20.5 Å². The first-order valence-corrected chi connectivity index (χ1v) is 8.09. The average molecular weight is 288 g/mol. The summed E-state index contributed by atoms with van der Waals surface area (Å²) < 4.78 is 2.54. The first-order chi connectivity index (χ1) is 8.99. The van der Waals surface area contributed by atoms with E-state index in [1.807, 2.05) is 0 Å². The van der Waals surface area contributed by atoms with Gasteiger partial charge in [0, 0.05) is 5.56 Å². The maximum atomic E-state index is 11.6. The summed E-state index contributed by atoms with van der Waals surface area (Å²) in [6.45, 7) is 8.71. The van der Waals surface area contributed by atoms with E-state index in [0.717, 1.165) is 0 Å². The lowest BCUT2D eigenvalue weighted by Crippen LogP contribution is -1.83. The van der Waals surface area contributed by atoms with Crippen molar-refractivity contribution in [2.24, 2.45) is 0 Å². The molecule has 0 saturated carbocycles. The third kappa shape index (κ3) is 1.92. The van der Waals surface area contributed by atoms with Crippen molar-refractivity contribution in [2.75, 3.05) is 0 Å². The van der Waals surface area contributed by atoms with E-state index in [1.165, 1.54) is 59.9 Å². The first-order valence-electron chi connectivity index (χ1n) is 6.45. The predicted molar refractivity (Wildman–Crippen MR) is 86.2 cm³/mol. The van der Waals surface area contributed by atoms with E-state index in [0.29, 0.717) is 5.92 Å². The smallest absolute Gasteiger partial charge is 0.265 e. The normalized spacial score (nSPS) is 11.8. The lowest BCUT2D eigenvalue weighted by atomic mass is 10.0. The van der Waals surface area contributed by atoms with Crippen LogP contribution in [0.1, 0.15) is 36.5 Å². The topological polar surface area (TPSA) is 17.1 Å². The van der Waals surface area contributed by atoms with Crippen LogP contribution in [0.5, 0.6) is 0 Å². The second-order valence-corrected chi connectivity index (χ2v) is 7.57. The zero-order valence-corrected chi connectivity index (χ0v) is 13.2. The third-order valence-corrected chi connectivity index (χ3v) is 5.99. The molecule has 3 rings (SSSR count). The SMILES string of the molecule is Cc1cc(C(C)C)ccc2c(C)c3sc(=O)sc3c1-2. The van der Waals surface area contributed by atoms with E-state index in [4.69, 9.17) is 0 Å². The lowest BCUT2D eigenvalue weighted by Gasteiger charge is -2.02. The van der Waals surface area contributed by atoms with Gasteiger partial charge in [0.25, 0.3) is 4.06 Å². The monoisotopic (exact) mass is 288 g/mol. The summed E-state index contributed by atoms with van der Waals surface area (Å²) in [6, 6.07) is 6.71. The van der Waals surface area contributed by atoms with Crippen molar-refractivity contribution >= 4 is 32.1 Å². The Morgan fingerprint density at radius 3 is 2.42 bits per heavy atom. The van der Waals surface area contributed by atoms with Crippen molar-refractivity contribution in [2.45, 2.75) is 33.6 Å². The Morgan fingerprint density at radius 1 is 1.05 bits per heavy atom. The molecule has 1 nitrogen and oxygen atoms in total. The van der Waals surface area contributed by atoms with Crippen LogP contribution in [0.3, 0.4) is 0 Å². The molecule has 0 amide bonds. The number of rotatable bonds is 1. The molecule has 19 heavy (non-hydrogen) atoms. The molecule has 0 atom stereocenters. The van der Waals surface area contributed by atoms with Crippen LogP contribution in [-0.2, 0) is 0 Å². The van der Waals surface area contributed by atoms with Crippen molar-refractivity contribution in [1.82, 2.24) is 0 Å². The molecule has 0 N–H and O–H groups in total. The average Bonchev–Trinajstić information content (AvgIpc) is 2.74. The minimum Gasteiger partial charge on any atom is -0.265 e. The Bertz CT molecular complexity index is 793. The van der Waals surface area contributed by atoms with Gasteiger partial charge in [-0.3, -0.25) is 4.79 Å². The van der Waals surface area contributed by atoms with Gasteiger partial charge >= 0.3 is 0 Å². The van der Waals surface area contributed by atoms with Gasteiger partial charge in [0.1, 0.15) is 0 Å². The molecule has 0 aliphatic heterocycles. The Balaban J connectivity index is 2.48. The largest absolute Gasteiger partial charge is 0.288 e. The Hall–Kier alpha value is -1.19. The third-order valence-electron chi connectivity index (χ3n) is 3.70. The Morgan fingerprint density at radius 2 is 1.74 bits per heavy atom. The van der Waals surface area contributed by atoms with Crippen LogP contribution < -0.4 is 4.06 Å². The Kier molecular flexibility index (Phi) is 2.99. The molecule has 0 fully saturated rings. The van der Waals surface area contributed by atoms with Crippen molar-refractivity contribution < 1.29 is 0 Å². The van der Waals surface area contributed by atoms with Crippen LogP contribution >= 0.6 is 22.7 Å². The second-order valence-electron chi connectivity index (χ2n) is 5.34. The summed E-state index contributed by atoms with van der Waals surface area (Å²) in [7, 11) is 0. The highest BCUT2D eigenvalue weighted by atomic mass is 32.2. The minimum atomic E-state index is 0.199. The molecule has 2 aliphatic carbocycles. The van der Waals surface area contributed by atoms with Crippen molar-refractivity contribution in [3.8, 4) is 11.1 Å². The van der Waals surface area contributed by atoms with Crippen LogP contribution in [0.2, 0.25) is 0 Å². The predicted octanol–water partition coefficient (Wildman–Crippen LogP) is 5.17. The summed E-state index contributed by atoms with van der Waals surface area (Å²) in [5.74, 6) is 0.521. The molecule has 1 heterocycles. The van der Waals surface area contributed by atoms with Gasteiger partial charge in [-0.25, -0.2) is 0 Å². The molecular formula is C16H16OS2. The van der Waals surface area contributed by atoms with Crippen molar-refractivity contribution in [3.05, 3.63) is 43.7 Å². The number of hydrogen-bond donors (Lipinski definition) is 0. The first kappa shape index (κ1) is 12.8. The zero-order chi connectivity index (χ0) is 13.7. The quantitative estimate of drug-likeness (QED) is 0.604. The molecule has 0 saturated heterocycles. The summed E-state index contributed by atoms with van der Waals surface area (Å²) in [6.07, 6.45) is 0. The minimum absolute atomic E-state index is 0.199. The Labute approximate surface area is 120 Å². The molecule has 0 spiro atoms. The summed E-state index contributed by atoms with van der Waals surface area (Å²) in [4.78, 5) is 11.6. The highest BCUT2D eigenvalue weighted by Gasteiger charge is 2.19. The molecule has 0 bridgehead atoms. The molecule has 0 aromatic carbocycles. The highest BCUT2D eigenvalue weighted by Crippen LogP contribution is 2.43. The fraction of sp³-hybridized carbons (Fsp3) is 0.312. The van der Waals surface area contributed by atoms with Crippen molar-refractivity contribution in [3.63, 3.8) is 0 Å². The summed E-state index contributed by atoms with van der Waals surface area (Å²) in [5, 5.41) is 0. The molecule has 1 aromatic heterocycles. The van der Waals surface area contributed by atoms with Gasteiger partial charge < -0.3 is 0 Å². The van der Waals surface area contributed by atoms with Gasteiger partial charge in [-0.1, -0.05) is 54.7 Å². The van der Waals surface area contributed by atoms with Gasteiger partial charge in [-0.05, 0) is 42.0 Å². The summed E-state index contributed by atoms with van der Waals surface area (Å²) >= 11 is 2.77. The van der Waals surface area contributed by atoms with Crippen LogP contribution in [0.4, 0.5) is 0 Å². The second kappa shape index (κ2) is 4.43. The fourth-order valence-corrected chi connectivity index (χ4v) is 4.96. The molecule has 0 unspecified atom stereocenters. The van der Waals surface area contributed by atoms with E-state index in [9.17, 15) is 4.79 Å². The summed E-state index contributed by atoms with van der Waals surface area (Å²) in [5.41, 5.74) is 6.44. The number of aryl methyl sites for hydroxylation is 2. The van der Waals surface area contributed by atoms with Gasteiger partial charge in [0.05, 0.1) is 9.40 Å². The maximum absolute atomic E-state index is 11.6. The van der Waals surface area contributed by atoms with Crippen LogP contribution in [-0.4, -0.2) is 0 Å². The number of hydrogen-bond acceptors (Lipinski definition) is 3. The maximum Gasteiger partial charge on any atom is 0.288 e. The van der Waals surface area contributed by atoms with Crippen LogP contribution in [0, 0.1) is 13.8 Å². The van der Waals surface area contributed by atoms with E-state index in [-0.39, 0.29) is 4.06 Å². The lowest BCUT2D eigenvalue weighted by molar-refractivity contribution is 0.867. The molecule has 0 radical (unpaired) electrons. The molecule has 3 heteroatoms. The van der Waals surface area contributed by atoms with E-state index in [2.05, 4.69) is 45.9 Å². The molecule has 98 valence electrons. The van der Waals surface area contributed by atoms with E-state index in [1.54, 1.807) is 0 Å². The van der Waals surface area contributed by atoms with E-state index < -0.39 is 0 Å². The molecular weight excluding hydrogens is 272 g/mol.